The number of halogens is 1. The van der Waals surface area contributed by atoms with Crippen molar-refractivity contribution in [1.29, 1.82) is 0 Å². The predicted molar refractivity (Wildman–Crippen MR) is 88.1 cm³/mol. The minimum absolute atomic E-state index is 0.00454. The summed E-state index contributed by atoms with van der Waals surface area (Å²) in [6.07, 6.45) is 0.774. The zero-order valence-electron chi connectivity index (χ0n) is 13.9. The summed E-state index contributed by atoms with van der Waals surface area (Å²) in [5.74, 6) is 0.00630. The third-order valence-electron chi connectivity index (χ3n) is 3.21. The standard InChI is InChI=1S/C15H25ClN4O2/c1-6-7-20(14(22)9-16)10-13(21)17-12-8-11(15(2,3)4)18-19(12)5/h8H,6-7,9-10H2,1-5H3,(H,17,21). The molecule has 7 heteroatoms. The van der Waals surface area contributed by atoms with Crippen LogP contribution < -0.4 is 5.32 Å². The molecule has 124 valence electrons. The predicted octanol–water partition coefficient (Wildman–Crippen LogP) is 2.13. The van der Waals surface area contributed by atoms with Crippen LogP contribution in [0.1, 0.15) is 39.8 Å². The lowest BCUT2D eigenvalue weighted by molar-refractivity contribution is -0.132. The van der Waals surface area contributed by atoms with Crippen LogP contribution in [0.4, 0.5) is 5.82 Å². The van der Waals surface area contributed by atoms with Gasteiger partial charge in [-0.25, -0.2) is 0 Å². The highest BCUT2D eigenvalue weighted by Crippen LogP contribution is 2.23. The molecule has 0 bridgehead atoms. The second kappa shape index (κ2) is 7.63. The largest absolute Gasteiger partial charge is 0.332 e. The second-order valence-electron chi connectivity index (χ2n) is 6.29. The summed E-state index contributed by atoms with van der Waals surface area (Å²) in [7, 11) is 1.78. The first-order chi connectivity index (χ1) is 10.2. The van der Waals surface area contributed by atoms with Crippen molar-refractivity contribution in [1.82, 2.24) is 14.7 Å². The first-order valence-electron chi connectivity index (χ1n) is 7.37. The number of nitrogens with zero attached hydrogens (tertiary/aromatic N) is 3. The highest BCUT2D eigenvalue weighted by Gasteiger charge is 2.21. The van der Waals surface area contributed by atoms with E-state index in [-0.39, 0.29) is 29.7 Å². The molecule has 0 radical (unpaired) electrons. The maximum absolute atomic E-state index is 12.1. The van der Waals surface area contributed by atoms with Crippen LogP contribution in [0.3, 0.4) is 0 Å². The molecule has 2 amide bonds. The summed E-state index contributed by atoms with van der Waals surface area (Å²) in [4.78, 5) is 25.3. The molecule has 0 aliphatic heterocycles. The number of alkyl halides is 1. The molecule has 1 rings (SSSR count). The van der Waals surface area contributed by atoms with E-state index in [2.05, 4.69) is 31.2 Å². The van der Waals surface area contributed by atoms with Crippen LogP contribution >= 0.6 is 11.6 Å². The summed E-state index contributed by atoms with van der Waals surface area (Å²) >= 11 is 5.57. The highest BCUT2D eigenvalue weighted by molar-refractivity contribution is 6.27. The number of rotatable bonds is 6. The molecule has 0 spiro atoms. The van der Waals surface area contributed by atoms with Crippen molar-refractivity contribution in [2.24, 2.45) is 7.05 Å². The number of nitrogens with one attached hydrogen (secondary N) is 1. The summed E-state index contributed by atoms with van der Waals surface area (Å²) in [5.41, 5.74) is 0.802. The van der Waals surface area contributed by atoms with Gasteiger partial charge in [-0.3, -0.25) is 14.3 Å². The Balaban J connectivity index is 2.76. The molecule has 0 aliphatic carbocycles. The van der Waals surface area contributed by atoms with E-state index in [9.17, 15) is 9.59 Å². The fourth-order valence-corrected chi connectivity index (χ4v) is 2.12. The van der Waals surface area contributed by atoms with Gasteiger partial charge in [0.15, 0.2) is 0 Å². The number of aromatic nitrogens is 2. The molecule has 22 heavy (non-hydrogen) atoms. The van der Waals surface area contributed by atoms with E-state index in [0.29, 0.717) is 12.4 Å². The van der Waals surface area contributed by atoms with Gasteiger partial charge in [-0.2, -0.15) is 5.10 Å². The van der Waals surface area contributed by atoms with Crippen molar-refractivity contribution in [2.45, 2.75) is 39.5 Å². The Labute approximate surface area is 136 Å². The quantitative estimate of drug-likeness (QED) is 0.813. The summed E-state index contributed by atoms with van der Waals surface area (Å²) in [6.45, 7) is 8.63. The zero-order valence-corrected chi connectivity index (χ0v) is 14.7. The van der Waals surface area contributed by atoms with Gasteiger partial charge in [0, 0.05) is 25.1 Å². The van der Waals surface area contributed by atoms with Crippen LogP contribution in [0.5, 0.6) is 0 Å². The number of hydrogen-bond donors (Lipinski definition) is 1. The average molecular weight is 329 g/mol. The lowest BCUT2D eigenvalue weighted by atomic mass is 9.92. The molecule has 0 fully saturated rings. The Morgan fingerprint density at radius 3 is 2.50 bits per heavy atom. The van der Waals surface area contributed by atoms with Gasteiger partial charge in [-0.1, -0.05) is 27.7 Å². The van der Waals surface area contributed by atoms with Crippen LogP contribution in [0.25, 0.3) is 0 Å². The SMILES string of the molecule is CCCN(CC(=O)Nc1cc(C(C)(C)C)nn1C)C(=O)CCl. The fraction of sp³-hybridized carbons (Fsp3) is 0.667. The molecule has 1 N–H and O–H groups in total. The average Bonchev–Trinajstić information content (AvgIpc) is 2.78. The number of carbonyl (C=O) groups excluding carboxylic acids is 2. The molecule has 0 atom stereocenters. The maximum atomic E-state index is 12.1. The van der Waals surface area contributed by atoms with Gasteiger partial charge in [0.25, 0.3) is 0 Å². The van der Waals surface area contributed by atoms with Crippen LogP contribution in [-0.4, -0.2) is 45.5 Å². The molecule has 0 aliphatic rings. The number of amides is 2. The van der Waals surface area contributed by atoms with Gasteiger partial charge in [-0.15, -0.1) is 11.6 Å². The lowest BCUT2D eigenvalue weighted by Gasteiger charge is -2.20. The number of hydrogen-bond acceptors (Lipinski definition) is 3. The Bertz CT molecular complexity index is 534. The van der Waals surface area contributed by atoms with Gasteiger partial charge < -0.3 is 10.2 Å². The number of aryl methyl sites for hydroxylation is 1. The normalized spacial score (nSPS) is 11.4. The molecule has 0 unspecified atom stereocenters. The van der Waals surface area contributed by atoms with E-state index < -0.39 is 0 Å². The summed E-state index contributed by atoms with van der Waals surface area (Å²) in [5, 5.41) is 7.20. The molecule has 1 aromatic rings. The Morgan fingerprint density at radius 1 is 1.41 bits per heavy atom. The second-order valence-corrected chi connectivity index (χ2v) is 6.55. The topological polar surface area (TPSA) is 67.2 Å². The highest BCUT2D eigenvalue weighted by atomic mass is 35.5. The van der Waals surface area contributed by atoms with Crippen molar-refractivity contribution in [3.8, 4) is 0 Å². The monoisotopic (exact) mass is 328 g/mol. The smallest absolute Gasteiger partial charge is 0.245 e. The third-order valence-corrected chi connectivity index (χ3v) is 3.44. The van der Waals surface area contributed by atoms with Crippen molar-refractivity contribution >= 4 is 29.2 Å². The molecule has 6 nitrogen and oxygen atoms in total. The van der Waals surface area contributed by atoms with Crippen molar-refractivity contribution in [2.75, 3.05) is 24.3 Å². The first-order valence-corrected chi connectivity index (χ1v) is 7.90. The van der Waals surface area contributed by atoms with Crippen LogP contribution in [0.2, 0.25) is 0 Å². The van der Waals surface area contributed by atoms with Crippen LogP contribution in [0, 0.1) is 0 Å². The van der Waals surface area contributed by atoms with Crippen LogP contribution in [-0.2, 0) is 22.1 Å². The molecule has 1 aromatic heterocycles. The van der Waals surface area contributed by atoms with E-state index in [1.54, 1.807) is 11.7 Å². The Kier molecular flexibility index (Phi) is 6.41. The van der Waals surface area contributed by atoms with Gasteiger partial charge in [0.2, 0.25) is 11.8 Å². The minimum atomic E-state index is -0.254. The summed E-state index contributed by atoms with van der Waals surface area (Å²) in [6, 6.07) is 1.85. The molecular formula is C15H25ClN4O2. The number of carbonyl (C=O) groups is 2. The first kappa shape index (κ1) is 18.5. The van der Waals surface area contributed by atoms with Crippen LogP contribution in [0.15, 0.2) is 6.07 Å². The van der Waals surface area contributed by atoms with E-state index in [1.807, 2.05) is 13.0 Å². The Hall–Kier alpha value is -1.56. The molecule has 0 saturated heterocycles. The van der Waals surface area contributed by atoms with E-state index >= 15 is 0 Å². The van der Waals surface area contributed by atoms with E-state index in [0.717, 1.165) is 12.1 Å². The lowest BCUT2D eigenvalue weighted by Crippen LogP contribution is -2.39. The van der Waals surface area contributed by atoms with Gasteiger partial charge in [0.1, 0.15) is 11.7 Å². The minimum Gasteiger partial charge on any atom is -0.332 e. The zero-order chi connectivity index (χ0) is 16.9. The molecule has 0 aromatic carbocycles. The Morgan fingerprint density at radius 2 is 2.05 bits per heavy atom. The van der Waals surface area contributed by atoms with Crippen molar-refractivity contribution < 1.29 is 9.59 Å². The van der Waals surface area contributed by atoms with E-state index in [1.165, 1.54) is 4.90 Å². The molecule has 1 heterocycles. The van der Waals surface area contributed by atoms with Gasteiger partial charge >= 0.3 is 0 Å². The summed E-state index contributed by atoms with van der Waals surface area (Å²) < 4.78 is 1.63. The van der Waals surface area contributed by atoms with E-state index in [4.69, 9.17) is 11.6 Å². The number of anilines is 1. The third kappa shape index (κ3) is 5.02. The van der Waals surface area contributed by atoms with Gasteiger partial charge in [0.05, 0.1) is 12.2 Å². The van der Waals surface area contributed by atoms with Crippen molar-refractivity contribution in [3.63, 3.8) is 0 Å². The van der Waals surface area contributed by atoms with Gasteiger partial charge in [-0.05, 0) is 6.42 Å². The fourth-order valence-electron chi connectivity index (χ4n) is 1.95. The van der Waals surface area contributed by atoms with Crippen molar-refractivity contribution in [3.05, 3.63) is 11.8 Å². The molecular weight excluding hydrogens is 304 g/mol. The molecule has 0 saturated carbocycles. The maximum Gasteiger partial charge on any atom is 0.245 e.